The highest BCUT2D eigenvalue weighted by molar-refractivity contribution is 5.91. The van der Waals surface area contributed by atoms with Gasteiger partial charge in [0.05, 0.1) is 13.5 Å². The number of nitrogens with zero attached hydrogens (tertiary/aromatic N) is 1. The summed E-state index contributed by atoms with van der Waals surface area (Å²) in [5.74, 6) is 0.681. The van der Waals surface area contributed by atoms with Crippen LogP contribution in [0.15, 0.2) is 36.4 Å². The van der Waals surface area contributed by atoms with Gasteiger partial charge in [0.2, 0.25) is 0 Å². The minimum absolute atomic E-state index is 0. The van der Waals surface area contributed by atoms with E-state index in [1.807, 2.05) is 29.2 Å². The van der Waals surface area contributed by atoms with Crippen molar-refractivity contribution in [2.45, 2.75) is 18.6 Å². The number of piperazine rings is 1. The van der Waals surface area contributed by atoms with E-state index in [1.165, 1.54) is 0 Å². The molecule has 1 heterocycles. The minimum atomic E-state index is -4.21. The second-order valence-corrected chi connectivity index (χ2v) is 6.02. The molecule has 1 atom stereocenters. The van der Waals surface area contributed by atoms with Gasteiger partial charge in [0, 0.05) is 37.6 Å². The summed E-state index contributed by atoms with van der Waals surface area (Å²) in [6.07, 6.45) is -5.06. The van der Waals surface area contributed by atoms with Crippen LogP contribution >= 0.6 is 24.8 Å². The van der Waals surface area contributed by atoms with Crippen molar-refractivity contribution in [1.29, 1.82) is 0 Å². The minimum Gasteiger partial charge on any atom is -0.496 e. The largest absolute Gasteiger partial charge is 0.496 e. The lowest BCUT2D eigenvalue weighted by Crippen LogP contribution is -2.46. The molecular weight excluding hydrogens is 388 g/mol. The number of nitrogens with one attached hydrogen (secondary N) is 1. The molecule has 1 N–H and O–H groups in total. The predicted octanol–water partition coefficient (Wildman–Crippen LogP) is 4.59. The molecule has 0 aromatic heterocycles. The molecule has 146 valence electrons. The van der Waals surface area contributed by atoms with Gasteiger partial charge in [0.1, 0.15) is 5.75 Å². The number of fused-ring (bicyclic) bond motifs is 1. The van der Waals surface area contributed by atoms with Crippen molar-refractivity contribution < 1.29 is 17.9 Å². The zero-order valence-electron chi connectivity index (χ0n) is 14.4. The third-order valence-electron chi connectivity index (χ3n) is 4.51. The Morgan fingerprint density at radius 3 is 2.23 bits per heavy atom. The molecule has 3 rings (SSSR count). The van der Waals surface area contributed by atoms with E-state index in [4.69, 9.17) is 4.74 Å². The van der Waals surface area contributed by atoms with Crippen LogP contribution in [0.1, 0.15) is 18.0 Å². The number of ether oxygens (including phenoxy) is 1. The Hall–Kier alpha value is -1.21. The fourth-order valence-corrected chi connectivity index (χ4v) is 3.41. The van der Waals surface area contributed by atoms with Gasteiger partial charge in [-0.15, -0.1) is 24.8 Å². The molecule has 8 heteroatoms. The molecule has 3 nitrogen and oxygen atoms in total. The lowest BCUT2D eigenvalue weighted by Gasteiger charge is -2.36. The van der Waals surface area contributed by atoms with Crippen molar-refractivity contribution in [3.63, 3.8) is 0 Å². The summed E-state index contributed by atoms with van der Waals surface area (Å²) >= 11 is 0. The average Bonchev–Trinajstić information content (AvgIpc) is 2.59. The Kier molecular flexibility index (Phi) is 8.47. The molecule has 2 aromatic rings. The molecule has 1 aliphatic rings. The van der Waals surface area contributed by atoms with E-state index >= 15 is 0 Å². The van der Waals surface area contributed by atoms with Crippen molar-refractivity contribution in [2.24, 2.45) is 0 Å². The smallest absolute Gasteiger partial charge is 0.390 e. The van der Waals surface area contributed by atoms with E-state index in [-0.39, 0.29) is 24.8 Å². The second-order valence-electron chi connectivity index (χ2n) is 6.02. The molecule has 0 spiro atoms. The first-order valence-corrected chi connectivity index (χ1v) is 8.07. The average molecular weight is 411 g/mol. The summed E-state index contributed by atoms with van der Waals surface area (Å²) in [5.41, 5.74) is 0.714. The van der Waals surface area contributed by atoms with E-state index in [2.05, 4.69) is 5.32 Å². The van der Waals surface area contributed by atoms with Crippen LogP contribution in [0.2, 0.25) is 0 Å². The summed E-state index contributed by atoms with van der Waals surface area (Å²) in [4.78, 5) is 1.93. The van der Waals surface area contributed by atoms with Crippen LogP contribution in [0.3, 0.4) is 0 Å². The van der Waals surface area contributed by atoms with Gasteiger partial charge in [-0.2, -0.15) is 13.2 Å². The van der Waals surface area contributed by atoms with Gasteiger partial charge in [0.25, 0.3) is 0 Å². The molecule has 0 saturated carbocycles. The lowest BCUT2D eigenvalue weighted by atomic mass is 9.94. The predicted molar refractivity (Wildman–Crippen MR) is 103 cm³/mol. The molecule has 0 aliphatic carbocycles. The van der Waals surface area contributed by atoms with Crippen molar-refractivity contribution in [1.82, 2.24) is 10.2 Å². The maximum absolute atomic E-state index is 13.2. The Labute approximate surface area is 163 Å². The topological polar surface area (TPSA) is 24.5 Å². The number of hydrogen-bond acceptors (Lipinski definition) is 3. The van der Waals surface area contributed by atoms with Gasteiger partial charge < -0.3 is 10.1 Å². The van der Waals surface area contributed by atoms with Crippen molar-refractivity contribution in [3.05, 3.63) is 42.0 Å². The molecule has 0 amide bonds. The third-order valence-corrected chi connectivity index (χ3v) is 4.51. The van der Waals surface area contributed by atoms with Crippen LogP contribution in [0.25, 0.3) is 10.8 Å². The molecular formula is C18H23Cl2F3N2O. The van der Waals surface area contributed by atoms with Crippen LogP contribution in [0, 0.1) is 0 Å². The van der Waals surface area contributed by atoms with Gasteiger partial charge in [-0.05, 0) is 17.0 Å². The van der Waals surface area contributed by atoms with Crippen LogP contribution in [0.4, 0.5) is 13.2 Å². The maximum Gasteiger partial charge on any atom is 0.390 e. The first-order valence-electron chi connectivity index (χ1n) is 8.07. The molecule has 0 unspecified atom stereocenters. The van der Waals surface area contributed by atoms with Gasteiger partial charge >= 0.3 is 6.18 Å². The molecule has 1 aliphatic heterocycles. The summed E-state index contributed by atoms with van der Waals surface area (Å²) in [6.45, 7) is 2.65. The van der Waals surface area contributed by atoms with Crippen LogP contribution in [-0.2, 0) is 0 Å². The van der Waals surface area contributed by atoms with E-state index in [0.29, 0.717) is 37.5 Å². The zero-order valence-corrected chi connectivity index (χ0v) is 16.0. The van der Waals surface area contributed by atoms with E-state index in [1.54, 1.807) is 19.2 Å². The fraction of sp³-hybridized carbons (Fsp3) is 0.444. The standard InChI is InChI=1S/C18H21F3N2O.2ClH/c1-24-17-7-6-14(13-4-2-3-5-15(13)17)16(12-18(19,20)21)23-10-8-22-9-11-23;;/h2-7,16,22H,8-12H2,1H3;2*1H/t16-;;/m1../s1. The van der Waals surface area contributed by atoms with Gasteiger partial charge in [-0.3, -0.25) is 4.90 Å². The first-order chi connectivity index (χ1) is 11.5. The van der Waals surface area contributed by atoms with Crippen LogP contribution in [-0.4, -0.2) is 44.4 Å². The normalized spacial score (nSPS) is 16.5. The van der Waals surface area contributed by atoms with E-state index in [9.17, 15) is 13.2 Å². The van der Waals surface area contributed by atoms with Crippen LogP contribution in [0.5, 0.6) is 5.75 Å². The molecule has 1 fully saturated rings. The molecule has 0 radical (unpaired) electrons. The highest BCUT2D eigenvalue weighted by Crippen LogP contribution is 2.39. The van der Waals surface area contributed by atoms with Gasteiger partial charge in [0.15, 0.2) is 0 Å². The van der Waals surface area contributed by atoms with Crippen molar-refractivity contribution in [3.8, 4) is 5.75 Å². The maximum atomic E-state index is 13.2. The second kappa shape index (κ2) is 9.65. The molecule has 26 heavy (non-hydrogen) atoms. The quantitative estimate of drug-likeness (QED) is 0.797. The highest BCUT2D eigenvalue weighted by Gasteiger charge is 2.36. The van der Waals surface area contributed by atoms with Crippen molar-refractivity contribution >= 4 is 35.6 Å². The molecule has 1 saturated heterocycles. The highest BCUT2D eigenvalue weighted by atomic mass is 35.5. The number of alkyl halides is 3. The summed E-state index contributed by atoms with van der Waals surface area (Å²) in [6, 6.07) is 10.4. The molecule has 0 bridgehead atoms. The van der Waals surface area contributed by atoms with Crippen molar-refractivity contribution in [2.75, 3.05) is 33.3 Å². The summed E-state index contributed by atoms with van der Waals surface area (Å²) < 4.78 is 45.0. The summed E-state index contributed by atoms with van der Waals surface area (Å²) in [7, 11) is 1.57. The number of hydrogen-bond donors (Lipinski definition) is 1. The monoisotopic (exact) mass is 410 g/mol. The van der Waals surface area contributed by atoms with Gasteiger partial charge in [-0.1, -0.05) is 30.3 Å². The van der Waals surface area contributed by atoms with E-state index in [0.717, 1.165) is 10.8 Å². The van der Waals surface area contributed by atoms with Gasteiger partial charge in [-0.25, -0.2) is 0 Å². The van der Waals surface area contributed by atoms with Crippen LogP contribution < -0.4 is 10.1 Å². The fourth-order valence-electron chi connectivity index (χ4n) is 3.41. The Morgan fingerprint density at radius 2 is 1.65 bits per heavy atom. The number of benzene rings is 2. The zero-order chi connectivity index (χ0) is 17.2. The third kappa shape index (κ3) is 5.16. The number of halogens is 5. The summed E-state index contributed by atoms with van der Waals surface area (Å²) in [5, 5.41) is 4.87. The Bertz CT molecular complexity index is 706. The number of methoxy groups -OCH3 is 1. The SMILES string of the molecule is COc1ccc([C@@H](CC(F)(F)F)N2CCNCC2)c2ccccc12.Cl.Cl. The molecule has 2 aromatic carbocycles. The first kappa shape index (κ1) is 22.8. The van der Waals surface area contributed by atoms with E-state index < -0.39 is 18.6 Å². The number of rotatable bonds is 4. The Morgan fingerprint density at radius 1 is 1.04 bits per heavy atom. The lowest BCUT2D eigenvalue weighted by molar-refractivity contribution is -0.148. The Balaban J connectivity index is 0.00000169.